The molecule has 1 aromatic heterocycles. The molecule has 0 spiro atoms. The van der Waals surface area contributed by atoms with Crippen LogP contribution in [-0.4, -0.2) is 38.4 Å². The number of thiophene rings is 1. The standard InChI is InChI=1S/C12H17BrN2O3S2.ClH/c1-20(17,18)12(3-5-14-6-4-12)11(16)15-8-10-9(13)2-7-19-10;/h2,7,14H,3-6,8H2,1H3,(H,15,16);1H. The molecule has 0 radical (unpaired) electrons. The van der Waals surface area contributed by atoms with Gasteiger partial charge in [0.25, 0.3) is 0 Å². The van der Waals surface area contributed by atoms with Gasteiger partial charge in [0, 0.05) is 15.6 Å². The Bertz CT molecular complexity index is 597. The van der Waals surface area contributed by atoms with Gasteiger partial charge in [-0.15, -0.1) is 23.7 Å². The highest BCUT2D eigenvalue weighted by Crippen LogP contribution is 2.29. The molecule has 0 bridgehead atoms. The Labute approximate surface area is 143 Å². The van der Waals surface area contributed by atoms with Crippen LogP contribution in [0.25, 0.3) is 0 Å². The second-order valence-corrected chi connectivity index (χ2v) is 9.07. The normalized spacial score (nSPS) is 17.8. The first kappa shape index (κ1) is 18.9. The van der Waals surface area contributed by atoms with Gasteiger partial charge in [-0.2, -0.15) is 0 Å². The number of hydrogen-bond acceptors (Lipinski definition) is 5. The molecule has 120 valence electrons. The lowest BCUT2D eigenvalue weighted by Crippen LogP contribution is -2.57. The lowest BCUT2D eigenvalue weighted by atomic mass is 9.96. The molecule has 0 atom stereocenters. The minimum absolute atomic E-state index is 0. The molecule has 2 N–H and O–H groups in total. The van der Waals surface area contributed by atoms with Crippen molar-refractivity contribution < 1.29 is 13.2 Å². The Balaban J connectivity index is 0.00000220. The monoisotopic (exact) mass is 416 g/mol. The first-order valence-electron chi connectivity index (χ1n) is 6.27. The van der Waals surface area contributed by atoms with Gasteiger partial charge >= 0.3 is 0 Å². The summed E-state index contributed by atoms with van der Waals surface area (Å²) >= 11 is 4.92. The molecule has 0 aromatic carbocycles. The highest BCUT2D eigenvalue weighted by Gasteiger charge is 2.48. The van der Waals surface area contributed by atoms with Crippen LogP contribution in [-0.2, 0) is 21.2 Å². The van der Waals surface area contributed by atoms with Gasteiger partial charge < -0.3 is 10.6 Å². The van der Waals surface area contributed by atoms with Gasteiger partial charge in [0.05, 0.1) is 6.54 Å². The van der Waals surface area contributed by atoms with E-state index in [9.17, 15) is 13.2 Å². The van der Waals surface area contributed by atoms with Crippen molar-refractivity contribution in [2.75, 3.05) is 19.3 Å². The fourth-order valence-corrected chi connectivity index (χ4v) is 5.16. The molecule has 1 saturated heterocycles. The van der Waals surface area contributed by atoms with Crippen molar-refractivity contribution in [1.82, 2.24) is 10.6 Å². The zero-order valence-electron chi connectivity index (χ0n) is 11.5. The zero-order chi connectivity index (χ0) is 14.8. The minimum Gasteiger partial charge on any atom is -0.350 e. The zero-order valence-corrected chi connectivity index (χ0v) is 15.6. The van der Waals surface area contributed by atoms with E-state index in [1.807, 2.05) is 11.4 Å². The van der Waals surface area contributed by atoms with Gasteiger partial charge in [-0.1, -0.05) is 0 Å². The molecule has 0 aliphatic carbocycles. The SMILES string of the molecule is CS(=O)(=O)C1(C(=O)NCc2sccc2Br)CCNCC1.Cl. The molecule has 1 aliphatic rings. The number of rotatable bonds is 4. The third-order valence-corrected chi connectivity index (χ3v) is 7.57. The summed E-state index contributed by atoms with van der Waals surface area (Å²) in [5.74, 6) is -0.387. The van der Waals surface area contributed by atoms with Crippen LogP contribution in [0.4, 0.5) is 0 Å². The molecular formula is C12H18BrClN2O3S2. The van der Waals surface area contributed by atoms with E-state index in [1.54, 1.807) is 0 Å². The fourth-order valence-electron chi connectivity index (χ4n) is 2.37. The number of nitrogens with one attached hydrogen (secondary N) is 2. The Morgan fingerprint density at radius 2 is 2.10 bits per heavy atom. The van der Waals surface area contributed by atoms with Crippen molar-refractivity contribution in [3.63, 3.8) is 0 Å². The molecule has 2 rings (SSSR count). The van der Waals surface area contributed by atoms with Crippen molar-refractivity contribution in [2.24, 2.45) is 0 Å². The molecule has 9 heteroatoms. The van der Waals surface area contributed by atoms with Crippen molar-refractivity contribution >= 4 is 55.4 Å². The molecule has 0 saturated carbocycles. The van der Waals surface area contributed by atoms with Crippen LogP contribution in [0.15, 0.2) is 15.9 Å². The Kier molecular flexibility index (Phi) is 6.67. The maximum Gasteiger partial charge on any atom is 0.241 e. The minimum atomic E-state index is -3.45. The Morgan fingerprint density at radius 3 is 2.57 bits per heavy atom. The maximum absolute atomic E-state index is 12.4. The van der Waals surface area contributed by atoms with Gasteiger partial charge in [-0.3, -0.25) is 4.79 Å². The molecule has 1 fully saturated rings. The molecule has 1 aromatic rings. The maximum atomic E-state index is 12.4. The molecule has 1 aliphatic heterocycles. The van der Waals surface area contributed by atoms with E-state index < -0.39 is 14.6 Å². The number of carbonyl (C=O) groups is 1. The largest absolute Gasteiger partial charge is 0.350 e. The summed E-state index contributed by atoms with van der Waals surface area (Å²) in [7, 11) is -3.45. The summed E-state index contributed by atoms with van der Waals surface area (Å²) in [4.78, 5) is 13.4. The lowest BCUT2D eigenvalue weighted by molar-refractivity contribution is -0.124. The summed E-state index contributed by atoms with van der Waals surface area (Å²) in [6.07, 6.45) is 1.80. The predicted octanol–water partition coefficient (Wildman–Crippen LogP) is 1.72. The molecular weight excluding hydrogens is 400 g/mol. The third kappa shape index (κ3) is 3.98. The number of piperidine rings is 1. The molecule has 2 heterocycles. The van der Waals surface area contributed by atoms with E-state index in [-0.39, 0.29) is 18.3 Å². The summed E-state index contributed by atoms with van der Waals surface area (Å²) in [5.41, 5.74) is 0. The van der Waals surface area contributed by atoms with Crippen molar-refractivity contribution in [2.45, 2.75) is 24.1 Å². The molecule has 1 amide bonds. The van der Waals surface area contributed by atoms with Gasteiger partial charge in [0.2, 0.25) is 5.91 Å². The van der Waals surface area contributed by atoms with E-state index in [0.29, 0.717) is 32.5 Å². The summed E-state index contributed by atoms with van der Waals surface area (Å²) in [6.45, 7) is 1.44. The first-order valence-corrected chi connectivity index (χ1v) is 9.84. The van der Waals surface area contributed by atoms with Crippen LogP contribution >= 0.6 is 39.7 Å². The average Bonchev–Trinajstić information content (AvgIpc) is 2.81. The molecule has 5 nitrogen and oxygen atoms in total. The Morgan fingerprint density at radius 1 is 1.48 bits per heavy atom. The summed E-state index contributed by atoms with van der Waals surface area (Å²) < 4.78 is 23.8. The van der Waals surface area contributed by atoms with Crippen LogP contribution < -0.4 is 10.6 Å². The molecule has 0 unspecified atom stereocenters. The predicted molar refractivity (Wildman–Crippen MR) is 90.8 cm³/mol. The van der Waals surface area contributed by atoms with E-state index in [2.05, 4.69) is 26.6 Å². The molecule has 21 heavy (non-hydrogen) atoms. The highest BCUT2D eigenvalue weighted by atomic mass is 79.9. The van der Waals surface area contributed by atoms with Crippen molar-refractivity contribution in [3.8, 4) is 0 Å². The van der Waals surface area contributed by atoms with Crippen LogP contribution in [0, 0.1) is 0 Å². The second kappa shape index (κ2) is 7.41. The summed E-state index contributed by atoms with van der Waals surface area (Å²) in [6, 6.07) is 1.91. The number of hydrogen-bond donors (Lipinski definition) is 2. The van der Waals surface area contributed by atoms with E-state index >= 15 is 0 Å². The fraction of sp³-hybridized carbons (Fsp3) is 0.583. The lowest BCUT2D eigenvalue weighted by Gasteiger charge is -2.34. The van der Waals surface area contributed by atoms with Crippen LogP contribution in [0.2, 0.25) is 0 Å². The smallest absolute Gasteiger partial charge is 0.241 e. The number of amides is 1. The van der Waals surface area contributed by atoms with Gasteiger partial charge in [-0.05, 0) is 53.3 Å². The van der Waals surface area contributed by atoms with E-state index in [0.717, 1.165) is 15.6 Å². The van der Waals surface area contributed by atoms with Crippen LogP contribution in [0.1, 0.15) is 17.7 Å². The van der Waals surface area contributed by atoms with Crippen molar-refractivity contribution in [1.29, 1.82) is 0 Å². The van der Waals surface area contributed by atoms with E-state index in [4.69, 9.17) is 0 Å². The van der Waals surface area contributed by atoms with Crippen LogP contribution in [0.5, 0.6) is 0 Å². The topological polar surface area (TPSA) is 75.3 Å². The summed E-state index contributed by atoms with van der Waals surface area (Å²) in [5, 5.41) is 7.79. The van der Waals surface area contributed by atoms with E-state index in [1.165, 1.54) is 11.3 Å². The van der Waals surface area contributed by atoms with Gasteiger partial charge in [0.1, 0.15) is 0 Å². The Hall–Kier alpha value is -0.150. The van der Waals surface area contributed by atoms with Gasteiger partial charge in [-0.25, -0.2) is 8.42 Å². The van der Waals surface area contributed by atoms with Crippen LogP contribution in [0.3, 0.4) is 0 Å². The third-order valence-electron chi connectivity index (χ3n) is 3.64. The number of carbonyl (C=O) groups excluding carboxylic acids is 1. The van der Waals surface area contributed by atoms with Crippen molar-refractivity contribution in [3.05, 3.63) is 20.8 Å². The quantitative estimate of drug-likeness (QED) is 0.782. The van der Waals surface area contributed by atoms with Gasteiger partial charge in [0.15, 0.2) is 14.6 Å². The average molecular weight is 418 g/mol. The highest BCUT2D eigenvalue weighted by molar-refractivity contribution is 9.10. The second-order valence-electron chi connectivity index (χ2n) is 4.89. The first-order chi connectivity index (χ1) is 9.37. The number of sulfone groups is 1. The number of halogens is 2.